The van der Waals surface area contributed by atoms with E-state index >= 15 is 0 Å². The molecule has 1 aliphatic rings. The van der Waals surface area contributed by atoms with Crippen molar-refractivity contribution in [2.45, 2.75) is 32.2 Å². The Morgan fingerprint density at radius 1 is 1.13 bits per heavy atom. The highest BCUT2D eigenvalue weighted by molar-refractivity contribution is 5.92. The average Bonchev–Trinajstić information content (AvgIpc) is 3.22. The number of carbonyl (C=O) groups is 3. The molecule has 2 aromatic rings. The molecule has 1 amide bonds. The number of hydrogen-bond acceptors (Lipinski definition) is 7. The van der Waals surface area contributed by atoms with Gasteiger partial charge >= 0.3 is 11.9 Å². The van der Waals surface area contributed by atoms with Gasteiger partial charge in [-0.05, 0) is 38.3 Å². The van der Waals surface area contributed by atoms with Crippen LogP contribution in [-0.2, 0) is 19.1 Å². The van der Waals surface area contributed by atoms with Gasteiger partial charge in [-0.3, -0.25) is 4.79 Å². The Morgan fingerprint density at radius 2 is 1.90 bits per heavy atom. The maximum atomic E-state index is 12.6. The number of carbonyl (C=O) groups excluding carboxylic acids is 3. The van der Waals surface area contributed by atoms with Gasteiger partial charge in [0.2, 0.25) is 5.69 Å². The molecular formula is C21H25N3O6. The molecule has 160 valence electrons. The Labute approximate surface area is 174 Å². The van der Waals surface area contributed by atoms with Crippen LogP contribution in [0.2, 0.25) is 0 Å². The summed E-state index contributed by atoms with van der Waals surface area (Å²) in [6.45, 7) is 1.90. The van der Waals surface area contributed by atoms with Crippen molar-refractivity contribution in [2.75, 3.05) is 26.9 Å². The second-order valence-electron chi connectivity index (χ2n) is 6.75. The number of benzene rings is 1. The van der Waals surface area contributed by atoms with Crippen LogP contribution in [-0.4, -0.2) is 65.4 Å². The predicted molar refractivity (Wildman–Crippen MR) is 106 cm³/mol. The number of rotatable bonds is 7. The summed E-state index contributed by atoms with van der Waals surface area (Å²) in [5.41, 5.74) is 0.714. The molecule has 1 aromatic carbocycles. The molecule has 2 heterocycles. The third-order valence-electron chi connectivity index (χ3n) is 4.82. The first-order chi connectivity index (χ1) is 14.5. The zero-order valence-electron chi connectivity index (χ0n) is 17.1. The van der Waals surface area contributed by atoms with Gasteiger partial charge in [0.15, 0.2) is 12.4 Å². The summed E-state index contributed by atoms with van der Waals surface area (Å²) in [5, 5.41) is 4.23. The van der Waals surface area contributed by atoms with E-state index in [9.17, 15) is 14.4 Å². The lowest BCUT2D eigenvalue weighted by Crippen LogP contribution is -2.50. The smallest absolute Gasteiger partial charge is 0.363 e. The van der Waals surface area contributed by atoms with Crippen LogP contribution in [0, 0.1) is 0 Å². The van der Waals surface area contributed by atoms with Crippen LogP contribution < -0.4 is 4.74 Å². The lowest BCUT2D eigenvalue weighted by molar-refractivity contribution is -0.157. The minimum atomic E-state index is -0.778. The molecule has 0 radical (unpaired) electrons. The Hall–Kier alpha value is -3.36. The number of ether oxygens (including phenoxy) is 3. The van der Waals surface area contributed by atoms with Crippen LogP contribution in [0.1, 0.15) is 36.7 Å². The van der Waals surface area contributed by atoms with Crippen LogP contribution in [0.25, 0.3) is 5.69 Å². The van der Waals surface area contributed by atoms with Crippen molar-refractivity contribution in [2.24, 2.45) is 0 Å². The molecule has 1 saturated heterocycles. The third-order valence-corrected chi connectivity index (χ3v) is 4.82. The van der Waals surface area contributed by atoms with Crippen molar-refractivity contribution < 1.29 is 28.6 Å². The molecule has 1 fully saturated rings. The second-order valence-corrected chi connectivity index (χ2v) is 6.75. The molecule has 0 N–H and O–H groups in total. The van der Waals surface area contributed by atoms with E-state index in [0.717, 1.165) is 18.5 Å². The van der Waals surface area contributed by atoms with E-state index in [1.807, 2.05) is 30.3 Å². The van der Waals surface area contributed by atoms with Crippen LogP contribution >= 0.6 is 0 Å². The van der Waals surface area contributed by atoms with E-state index in [1.54, 1.807) is 13.1 Å². The topological polar surface area (TPSA) is 100.0 Å². The van der Waals surface area contributed by atoms with Crippen molar-refractivity contribution in [3.05, 3.63) is 42.2 Å². The third kappa shape index (κ3) is 4.79. The fraction of sp³-hybridized carbons (Fsp3) is 0.429. The molecule has 1 aromatic heterocycles. The number of aromatic nitrogens is 2. The van der Waals surface area contributed by atoms with Gasteiger partial charge in [0.25, 0.3) is 5.91 Å². The second kappa shape index (κ2) is 9.91. The van der Waals surface area contributed by atoms with Gasteiger partial charge in [-0.1, -0.05) is 18.2 Å². The number of hydrogen-bond donors (Lipinski definition) is 0. The summed E-state index contributed by atoms with van der Waals surface area (Å²) in [6, 6.07) is 8.58. The molecule has 1 atom stereocenters. The average molecular weight is 415 g/mol. The standard InChI is InChI=1S/C21H25N3O6/c1-3-29-20(26)16-11-7-8-12-23(16)18(25)14-30-21(27)19-17(28-2)13-24(22-19)15-9-5-4-6-10-15/h4-6,9-10,13,16H,3,7-8,11-12,14H2,1-2H3/t16-/m1/s1. The SMILES string of the molecule is CCOC(=O)[C@H]1CCCCN1C(=O)COC(=O)c1nn(-c2ccccc2)cc1OC. The minimum absolute atomic E-state index is 0.0326. The number of amides is 1. The van der Waals surface area contributed by atoms with Gasteiger partial charge < -0.3 is 19.1 Å². The fourth-order valence-electron chi connectivity index (χ4n) is 3.35. The molecule has 0 aliphatic carbocycles. The number of likely N-dealkylation sites (tertiary alicyclic amines) is 1. The Bertz CT molecular complexity index is 895. The van der Waals surface area contributed by atoms with Gasteiger partial charge in [0.1, 0.15) is 6.04 Å². The molecule has 30 heavy (non-hydrogen) atoms. The van der Waals surface area contributed by atoms with E-state index < -0.39 is 30.5 Å². The largest absolute Gasteiger partial charge is 0.493 e. The Balaban J connectivity index is 1.67. The van der Waals surface area contributed by atoms with Crippen molar-refractivity contribution in [3.63, 3.8) is 0 Å². The molecule has 3 rings (SSSR count). The highest BCUT2D eigenvalue weighted by Gasteiger charge is 2.33. The number of methoxy groups -OCH3 is 1. The van der Waals surface area contributed by atoms with E-state index in [2.05, 4.69) is 5.10 Å². The predicted octanol–water partition coefficient (Wildman–Crippen LogP) is 1.98. The number of para-hydroxylation sites is 1. The first-order valence-corrected chi connectivity index (χ1v) is 9.87. The quantitative estimate of drug-likeness (QED) is 0.638. The van der Waals surface area contributed by atoms with Gasteiger partial charge in [0.05, 0.1) is 25.6 Å². The number of piperidine rings is 1. The van der Waals surface area contributed by atoms with Gasteiger partial charge in [-0.15, -0.1) is 0 Å². The Morgan fingerprint density at radius 3 is 2.60 bits per heavy atom. The molecular weight excluding hydrogens is 390 g/mol. The van der Waals surface area contributed by atoms with Crippen LogP contribution in [0.15, 0.2) is 36.5 Å². The first-order valence-electron chi connectivity index (χ1n) is 9.87. The van der Waals surface area contributed by atoms with E-state index in [1.165, 1.54) is 16.7 Å². The maximum Gasteiger partial charge on any atom is 0.363 e. The fourth-order valence-corrected chi connectivity index (χ4v) is 3.35. The van der Waals surface area contributed by atoms with Gasteiger partial charge in [0, 0.05) is 6.54 Å². The number of nitrogens with zero attached hydrogens (tertiary/aromatic N) is 3. The molecule has 9 heteroatoms. The summed E-state index contributed by atoms with van der Waals surface area (Å²) >= 11 is 0. The van der Waals surface area contributed by atoms with Crippen molar-refractivity contribution in [3.8, 4) is 11.4 Å². The lowest BCUT2D eigenvalue weighted by Gasteiger charge is -2.33. The molecule has 0 bridgehead atoms. The summed E-state index contributed by atoms with van der Waals surface area (Å²) in [7, 11) is 1.42. The van der Waals surface area contributed by atoms with Crippen LogP contribution in [0.5, 0.6) is 5.75 Å². The van der Waals surface area contributed by atoms with E-state index in [-0.39, 0.29) is 18.1 Å². The molecule has 0 spiro atoms. The van der Waals surface area contributed by atoms with Gasteiger partial charge in [-0.25, -0.2) is 14.3 Å². The van der Waals surface area contributed by atoms with Crippen molar-refractivity contribution in [1.29, 1.82) is 0 Å². The van der Waals surface area contributed by atoms with Crippen molar-refractivity contribution in [1.82, 2.24) is 14.7 Å². The molecule has 0 saturated carbocycles. The summed E-state index contributed by atoms with van der Waals surface area (Å²) in [4.78, 5) is 38.7. The molecule has 1 aliphatic heterocycles. The minimum Gasteiger partial charge on any atom is -0.493 e. The zero-order valence-corrected chi connectivity index (χ0v) is 17.1. The van der Waals surface area contributed by atoms with Gasteiger partial charge in [-0.2, -0.15) is 5.10 Å². The van der Waals surface area contributed by atoms with Crippen LogP contribution in [0.3, 0.4) is 0 Å². The highest BCUT2D eigenvalue weighted by Crippen LogP contribution is 2.21. The summed E-state index contributed by atoms with van der Waals surface area (Å²) in [5.74, 6) is -1.42. The lowest BCUT2D eigenvalue weighted by atomic mass is 10.0. The zero-order chi connectivity index (χ0) is 21.5. The van der Waals surface area contributed by atoms with Crippen molar-refractivity contribution >= 4 is 17.8 Å². The Kier molecular flexibility index (Phi) is 7.05. The highest BCUT2D eigenvalue weighted by atomic mass is 16.5. The van der Waals surface area contributed by atoms with E-state index in [4.69, 9.17) is 14.2 Å². The molecule has 0 unspecified atom stereocenters. The van der Waals surface area contributed by atoms with Crippen LogP contribution in [0.4, 0.5) is 0 Å². The normalized spacial score (nSPS) is 16.1. The van der Waals surface area contributed by atoms with E-state index in [0.29, 0.717) is 13.0 Å². The number of esters is 2. The maximum absolute atomic E-state index is 12.6. The molecule has 9 nitrogen and oxygen atoms in total. The summed E-state index contributed by atoms with van der Waals surface area (Å²) in [6.07, 6.45) is 3.72. The monoisotopic (exact) mass is 415 g/mol. The summed E-state index contributed by atoms with van der Waals surface area (Å²) < 4.78 is 17.0. The first kappa shape index (κ1) is 21.4.